The second-order valence-corrected chi connectivity index (χ2v) is 5.09. The fourth-order valence-electron chi connectivity index (χ4n) is 1.86. The van der Waals surface area contributed by atoms with Crippen LogP contribution >= 0.6 is 0 Å². The second kappa shape index (κ2) is 10.4. The molecule has 0 radical (unpaired) electrons. The average molecular weight is 342 g/mol. The third kappa shape index (κ3) is 6.21. The fraction of sp³-hybridized carbons (Fsp3) is 0.625. The van der Waals surface area contributed by atoms with E-state index >= 15 is 0 Å². The Labute approximate surface area is 140 Å². The van der Waals surface area contributed by atoms with Crippen LogP contribution in [0.3, 0.4) is 0 Å². The van der Waals surface area contributed by atoms with E-state index in [1.807, 2.05) is 0 Å². The summed E-state index contributed by atoms with van der Waals surface area (Å²) < 4.78 is 10.3. The van der Waals surface area contributed by atoms with Crippen LogP contribution in [0.15, 0.2) is 12.7 Å². The summed E-state index contributed by atoms with van der Waals surface area (Å²) in [7, 11) is 0. The van der Waals surface area contributed by atoms with Gasteiger partial charge in [0.25, 0.3) is 0 Å². The van der Waals surface area contributed by atoms with Crippen LogP contribution in [0.1, 0.15) is 6.42 Å². The molecule has 24 heavy (non-hydrogen) atoms. The maximum atomic E-state index is 9.75. The largest absolute Gasteiger partial charge is 0.394 e. The standard InChI is InChI=1S/C16H22O8/c1-2-10(18)5-3-4-6-11(19)7-8-23-16-15(22)14(21)13(20)12(9-17)24-16/h2,10-22H,1,7-9H2/t10-,11-,12+,13+,14-,15+,16+/m0/s1. The van der Waals surface area contributed by atoms with Crippen molar-refractivity contribution in [2.45, 2.75) is 49.3 Å². The van der Waals surface area contributed by atoms with Crippen LogP contribution in [0.25, 0.3) is 0 Å². The molecule has 1 saturated heterocycles. The molecule has 1 aliphatic rings. The zero-order chi connectivity index (χ0) is 18.1. The topological polar surface area (TPSA) is 140 Å². The summed E-state index contributed by atoms with van der Waals surface area (Å²) in [4.78, 5) is 0. The van der Waals surface area contributed by atoms with Crippen molar-refractivity contribution >= 4 is 0 Å². The molecule has 6 N–H and O–H groups in total. The first-order valence-corrected chi connectivity index (χ1v) is 7.32. The Balaban J connectivity index is 2.41. The van der Waals surface area contributed by atoms with Crippen molar-refractivity contribution < 1.29 is 40.1 Å². The Morgan fingerprint density at radius 2 is 1.75 bits per heavy atom. The molecule has 1 rings (SSSR count). The second-order valence-electron chi connectivity index (χ2n) is 5.09. The Bertz CT molecular complexity index is 512. The number of ether oxygens (including phenoxy) is 2. The Kier molecular flexibility index (Phi) is 8.93. The molecule has 134 valence electrons. The van der Waals surface area contributed by atoms with Crippen LogP contribution < -0.4 is 0 Å². The smallest absolute Gasteiger partial charge is 0.186 e. The summed E-state index contributed by atoms with van der Waals surface area (Å²) in [5.41, 5.74) is 0. The number of hydrogen-bond donors (Lipinski definition) is 6. The highest BCUT2D eigenvalue weighted by molar-refractivity contribution is 5.29. The van der Waals surface area contributed by atoms with Crippen LogP contribution in [0, 0.1) is 23.7 Å². The van der Waals surface area contributed by atoms with Gasteiger partial charge in [-0.3, -0.25) is 0 Å². The summed E-state index contributed by atoms with van der Waals surface area (Å²) in [6, 6.07) is 0. The molecule has 0 bridgehead atoms. The van der Waals surface area contributed by atoms with Gasteiger partial charge in [0.05, 0.1) is 13.2 Å². The van der Waals surface area contributed by atoms with Gasteiger partial charge in [-0.05, 0) is 11.8 Å². The summed E-state index contributed by atoms with van der Waals surface area (Å²) >= 11 is 0. The summed E-state index contributed by atoms with van der Waals surface area (Å²) in [5.74, 6) is 9.50. The van der Waals surface area contributed by atoms with Gasteiger partial charge in [-0.15, -0.1) is 0 Å². The molecular weight excluding hydrogens is 320 g/mol. The molecule has 0 aromatic carbocycles. The van der Waals surface area contributed by atoms with Gasteiger partial charge in [-0.25, -0.2) is 0 Å². The molecule has 8 heteroatoms. The molecule has 0 amide bonds. The highest BCUT2D eigenvalue weighted by Crippen LogP contribution is 2.22. The Hall–Kier alpha value is -1.46. The van der Waals surface area contributed by atoms with E-state index in [-0.39, 0.29) is 13.0 Å². The first kappa shape index (κ1) is 20.6. The van der Waals surface area contributed by atoms with E-state index in [9.17, 15) is 20.4 Å². The maximum Gasteiger partial charge on any atom is 0.186 e. The third-order valence-corrected chi connectivity index (χ3v) is 3.27. The van der Waals surface area contributed by atoms with Gasteiger partial charge in [0.15, 0.2) is 6.29 Å². The maximum absolute atomic E-state index is 9.75. The number of aliphatic hydroxyl groups is 6. The lowest BCUT2D eigenvalue weighted by atomic mass is 9.99. The van der Waals surface area contributed by atoms with Crippen molar-refractivity contribution in [2.75, 3.05) is 13.2 Å². The van der Waals surface area contributed by atoms with Crippen molar-refractivity contribution in [3.63, 3.8) is 0 Å². The number of aliphatic hydroxyl groups excluding tert-OH is 6. The molecule has 0 unspecified atom stereocenters. The first-order chi connectivity index (χ1) is 11.4. The van der Waals surface area contributed by atoms with Crippen molar-refractivity contribution in [1.82, 2.24) is 0 Å². The van der Waals surface area contributed by atoms with E-state index in [4.69, 9.17) is 19.7 Å². The lowest BCUT2D eigenvalue weighted by Gasteiger charge is -2.39. The van der Waals surface area contributed by atoms with E-state index in [1.165, 1.54) is 6.08 Å². The lowest BCUT2D eigenvalue weighted by molar-refractivity contribution is -0.301. The Morgan fingerprint density at radius 3 is 2.38 bits per heavy atom. The number of hydrogen-bond acceptors (Lipinski definition) is 8. The first-order valence-electron chi connectivity index (χ1n) is 7.32. The predicted octanol–water partition coefficient (Wildman–Crippen LogP) is -2.89. The van der Waals surface area contributed by atoms with Gasteiger partial charge in [-0.1, -0.05) is 24.5 Å². The van der Waals surface area contributed by atoms with E-state index in [1.54, 1.807) is 0 Å². The minimum Gasteiger partial charge on any atom is -0.394 e. The molecule has 0 aromatic heterocycles. The fourth-order valence-corrected chi connectivity index (χ4v) is 1.86. The molecule has 0 spiro atoms. The Morgan fingerprint density at radius 1 is 1.08 bits per heavy atom. The minimum absolute atomic E-state index is 0.0543. The van der Waals surface area contributed by atoms with Gasteiger partial charge in [0, 0.05) is 6.42 Å². The van der Waals surface area contributed by atoms with E-state index < -0.39 is 49.5 Å². The van der Waals surface area contributed by atoms with Crippen molar-refractivity contribution in [2.24, 2.45) is 0 Å². The zero-order valence-electron chi connectivity index (χ0n) is 12.9. The highest BCUT2D eigenvalue weighted by Gasteiger charge is 2.43. The molecule has 1 aliphatic heterocycles. The van der Waals surface area contributed by atoms with E-state index in [0.29, 0.717) is 0 Å². The predicted molar refractivity (Wildman–Crippen MR) is 82.1 cm³/mol. The number of rotatable bonds is 6. The lowest BCUT2D eigenvalue weighted by Crippen LogP contribution is -2.59. The third-order valence-electron chi connectivity index (χ3n) is 3.27. The van der Waals surface area contributed by atoms with Crippen molar-refractivity contribution in [3.8, 4) is 23.7 Å². The summed E-state index contributed by atoms with van der Waals surface area (Å²) in [6.45, 7) is 2.74. The zero-order valence-corrected chi connectivity index (χ0v) is 12.9. The molecule has 0 aliphatic carbocycles. The molecule has 7 atom stereocenters. The van der Waals surface area contributed by atoms with Gasteiger partial charge in [-0.2, -0.15) is 0 Å². The normalized spacial score (nSPS) is 31.8. The summed E-state index contributed by atoms with van der Waals surface area (Å²) in [6.07, 6.45) is -7.48. The average Bonchev–Trinajstić information content (AvgIpc) is 2.58. The van der Waals surface area contributed by atoms with Gasteiger partial charge >= 0.3 is 0 Å². The van der Waals surface area contributed by atoms with Crippen LogP contribution in [0.2, 0.25) is 0 Å². The molecule has 0 saturated carbocycles. The van der Waals surface area contributed by atoms with Gasteiger partial charge in [0.1, 0.15) is 36.6 Å². The van der Waals surface area contributed by atoms with E-state index in [2.05, 4.69) is 30.3 Å². The minimum atomic E-state index is -1.52. The molecule has 0 aromatic rings. The highest BCUT2D eigenvalue weighted by atomic mass is 16.7. The van der Waals surface area contributed by atoms with Crippen LogP contribution in [0.4, 0.5) is 0 Å². The van der Waals surface area contributed by atoms with Gasteiger partial charge < -0.3 is 40.1 Å². The molecular formula is C16H22O8. The quantitative estimate of drug-likeness (QED) is 0.223. The summed E-state index contributed by atoms with van der Waals surface area (Å²) in [5, 5.41) is 56.7. The van der Waals surface area contributed by atoms with Crippen LogP contribution in [-0.4, -0.2) is 86.8 Å². The van der Waals surface area contributed by atoms with Crippen molar-refractivity contribution in [3.05, 3.63) is 12.7 Å². The molecule has 1 fully saturated rings. The van der Waals surface area contributed by atoms with E-state index in [0.717, 1.165) is 0 Å². The molecule has 1 heterocycles. The van der Waals surface area contributed by atoms with Crippen LogP contribution in [-0.2, 0) is 9.47 Å². The molecule has 8 nitrogen and oxygen atoms in total. The monoisotopic (exact) mass is 342 g/mol. The van der Waals surface area contributed by atoms with Crippen LogP contribution in [0.5, 0.6) is 0 Å². The van der Waals surface area contributed by atoms with Crippen molar-refractivity contribution in [1.29, 1.82) is 0 Å². The van der Waals surface area contributed by atoms with Gasteiger partial charge in [0.2, 0.25) is 0 Å². The SMILES string of the molecule is C=C[C@H](O)C#CC#C[C@H](O)CCO[C@@H]1O[C@H](CO)[C@@H](O)[C@H](O)[C@H]1O.